The van der Waals surface area contributed by atoms with E-state index < -0.39 is 0 Å². The van der Waals surface area contributed by atoms with Crippen molar-refractivity contribution in [3.63, 3.8) is 0 Å². The summed E-state index contributed by atoms with van der Waals surface area (Å²) in [7, 11) is 4.17. The second kappa shape index (κ2) is 14.3. The number of aromatic amines is 1. The van der Waals surface area contributed by atoms with Gasteiger partial charge in [0.25, 0.3) is 0 Å². The highest BCUT2D eigenvalue weighted by Gasteiger charge is 2.23. The highest BCUT2D eigenvalue weighted by atomic mass is 16.5. The molecule has 0 amide bonds. The Labute approximate surface area is 236 Å². The standard InChI is InChI=1S/C29H45N7O4/c1-7-8-16-39-27-32-25(30)24-26(33-27)36(28(38)31-24)15-10-9-14-35(20-29(3,4)19-34(5)6)18-22-12-11-13-23(17-22)40-21(2)37/h11-13,17H,7-10,14-16,18-20H2,1-6H3,(H,31,38)(H2,30,32,33). The molecule has 0 bridgehead atoms. The van der Waals surface area contributed by atoms with Gasteiger partial charge < -0.3 is 25.1 Å². The highest BCUT2D eigenvalue weighted by Crippen LogP contribution is 2.22. The van der Waals surface area contributed by atoms with E-state index in [2.05, 4.69) is 65.7 Å². The van der Waals surface area contributed by atoms with E-state index in [1.165, 1.54) is 6.92 Å². The fourth-order valence-corrected chi connectivity index (χ4v) is 5.07. The third-order valence-electron chi connectivity index (χ3n) is 6.43. The first kappa shape index (κ1) is 31.1. The van der Waals surface area contributed by atoms with Crippen LogP contribution in [0.15, 0.2) is 29.1 Å². The van der Waals surface area contributed by atoms with Gasteiger partial charge in [-0.05, 0) is 63.0 Å². The number of nitrogens with one attached hydrogen (secondary N) is 1. The highest BCUT2D eigenvalue weighted by molar-refractivity contribution is 5.81. The lowest BCUT2D eigenvalue weighted by Gasteiger charge is -2.35. The van der Waals surface area contributed by atoms with Gasteiger partial charge in [0.15, 0.2) is 11.5 Å². The van der Waals surface area contributed by atoms with Crippen LogP contribution in [0, 0.1) is 5.41 Å². The number of nitrogen functional groups attached to an aromatic ring is 1. The number of carbonyl (C=O) groups is 1. The second-order valence-corrected chi connectivity index (χ2v) is 11.4. The largest absolute Gasteiger partial charge is 0.463 e. The van der Waals surface area contributed by atoms with E-state index in [1.807, 2.05) is 12.1 Å². The molecule has 0 spiro atoms. The lowest BCUT2D eigenvalue weighted by molar-refractivity contribution is -0.131. The van der Waals surface area contributed by atoms with Gasteiger partial charge in [0.1, 0.15) is 11.3 Å². The number of nitrogens with zero attached hydrogens (tertiary/aromatic N) is 5. The average Bonchev–Trinajstić information content (AvgIpc) is 3.16. The maximum Gasteiger partial charge on any atom is 0.327 e. The van der Waals surface area contributed by atoms with Gasteiger partial charge in [0.2, 0.25) is 0 Å². The van der Waals surface area contributed by atoms with Gasteiger partial charge in [-0.2, -0.15) is 9.97 Å². The number of H-pyrrole nitrogens is 1. The van der Waals surface area contributed by atoms with Crippen molar-refractivity contribution >= 4 is 23.0 Å². The third-order valence-corrected chi connectivity index (χ3v) is 6.43. The van der Waals surface area contributed by atoms with E-state index in [4.69, 9.17) is 15.2 Å². The number of benzene rings is 1. The fraction of sp³-hybridized carbons (Fsp3) is 0.586. The molecule has 0 saturated carbocycles. The van der Waals surface area contributed by atoms with Crippen LogP contribution in [0.3, 0.4) is 0 Å². The minimum atomic E-state index is -0.333. The Bertz CT molecular complexity index is 1320. The Balaban J connectivity index is 1.70. The lowest BCUT2D eigenvalue weighted by Crippen LogP contribution is -2.40. The van der Waals surface area contributed by atoms with Crippen LogP contribution in [0.25, 0.3) is 11.2 Å². The zero-order chi connectivity index (χ0) is 29.3. The van der Waals surface area contributed by atoms with Crippen LogP contribution in [0.1, 0.15) is 58.9 Å². The van der Waals surface area contributed by atoms with Crippen molar-refractivity contribution in [3.8, 4) is 11.8 Å². The smallest absolute Gasteiger partial charge is 0.327 e. The topological polar surface area (TPSA) is 132 Å². The van der Waals surface area contributed by atoms with Crippen molar-refractivity contribution in [1.29, 1.82) is 0 Å². The van der Waals surface area contributed by atoms with Crippen molar-refractivity contribution < 1.29 is 14.3 Å². The summed E-state index contributed by atoms with van der Waals surface area (Å²) in [5, 5.41) is 0. The molecule has 3 N–H and O–H groups in total. The fourth-order valence-electron chi connectivity index (χ4n) is 5.07. The zero-order valence-corrected chi connectivity index (χ0v) is 24.8. The summed E-state index contributed by atoms with van der Waals surface area (Å²) in [4.78, 5) is 40.2. The van der Waals surface area contributed by atoms with Crippen LogP contribution in [0.2, 0.25) is 0 Å². The molecule has 0 saturated heterocycles. The van der Waals surface area contributed by atoms with Gasteiger partial charge >= 0.3 is 17.7 Å². The minimum absolute atomic E-state index is 0.0629. The number of esters is 1. The molecular formula is C29H45N7O4. The summed E-state index contributed by atoms with van der Waals surface area (Å²) in [5.41, 5.74) is 7.88. The van der Waals surface area contributed by atoms with Gasteiger partial charge in [-0.3, -0.25) is 14.3 Å². The van der Waals surface area contributed by atoms with Gasteiger partial charge in [-0.25, -0.2) is 4.79 Å². The van der Waals surface area contributed by atoms with Gasteiger partial charge in [0, 0.05) is 33.1 Å². The van der Waals surface area contributed by atoms with Crippen LogP contribution in [-0.4, -0.2) is 75.6 Å². The number of nitrogens with two attached hydrogens (primary N) is 1. The van der Waals surface area contributed by atoms with Gasteiger partial charge in [0.05, 0.1) is 6.61 Å². The summed E-state index contributed by atoms with van der Waals surface area (Å²) >= 11 is 0. The molecule has 3 aromatic rings. The first-order chi connectivity index (χ1) is 19.0. The molecule has 3 rings (SSSR count). The number of hydrogen-bond acceptors (Lipinski definition) is 9. The quantitative estimate of drug-likeness (QED) is 0.154. The van der Waals surface area contributed by atoms with Crippen LogP contribution < -0.4 is 20.9 Å². The SMILES string of the molecule is CCCCOc1nc(N)c2[nH]c(=O)n(CCCCN(Cc3cccc(OC(C)=O)c3)CC(C)(C)CN(C)C)c2n1. The molecule has 2 heterocycles. The molecule has 2 aromatic heterocycles. The number of rotatable bonds is 16. The molecule has 40 heavy (non-hydrogen) atoms. The van der Waals surface area contributed by atoms with Crippen molar-refractivity contribution in [2.24, 2.45) is 5.41 Å². The summed E-state index contributed by atoms with van der Waals surface area (Å²) in [6, 6.07) is 7.86. The van der Waals surface area contributed by atoms with Crippen molar-refractivity contribution in [2.45, 2.75) is 66.5 Å². The number of hydrogen-bond donors (Lipinski definition) is 2. The van der Waals surface area contributed by atoms with E-state index in [0.29, 0.717) is 30.1 Å². The summed E-state index contributed by atoms with van der Waals surface area (Å²) in [5.74, 6) is 0.425. The maximum absolute atomic E-state index is 12.7. The van der Waals surface area contributed by atoms with Crippen LogP contribution in [0.5, 0.6) is 11.8 Å². The number of unbranched alkanes of at least 4 members (excludes halogenated alkanes) is 2. The summed E-state index contributed by atoms with van der Waals surface area (Å²) < 4.78 is 12.6. The molecule has 0 fully saturated rings. The van der Waals surface area contributed by atoms with E-state index in [9.17, 15) is 9.59 Å². The Morgan fingerprint density at radius 3 is 2.62 bits per heavy atom. The first-order valence-corrected chi connectivity index (χ1v) is 14.0. The van der Waals surface area contributed by atoms with Crippen molar-refractivity contribution in [2.75, 3.05) is 46.1 Å². The maximum atomic E-state index is 12.7. The molecule has 0 unspecified atom stereocenters. The number of carbonyl (C=O) groups excluding carboxylic acids is 1. The number of ether oxygens (including phenoxy) is 2. The van der Waals surface area contributed by atoms with Crippen molar-refractivity contribution in [3.05, 3.63) is 40.3 Å². The van der Waals surface area contributed by atoms with E-state index >= 15 is 0 Å². The predicted molar refractivity (Wildman–Crippen MR) is 158 cm³/mol. The molecule has 1 aromatic carbocycles. The van der Waals surface area contributed by atoms with E-state index in [-0.39, 0.29) is 28.9 Å². The summed E-state index contributed by atoms with van der Waals surface area (Å²) in [6.45, 7) is 12.4. The normalized spacial score (nSPS) is 12.0. The minimum Gasteiger partial charge on any atom is -0.463 e. The molecule has 0 aliphatic rings. The Hall–Kier alpha value is -3.44. The molecule has 0 aliphatic heterocycles. The van der Waals surface area contributed by atoms with Gasteiger partial charge in [-0.15, -0.1) is 0 Å². The number of fused-ring (bicyclic) bond motifs is 1. The zero-order valence-electron chi connectivity index (χ0n) is 24.8. The lowest BCUT2D eigenvalue weighted by atomic mass is 9.91. The Morgan fingerprint density at radius 2 is 1.93 bits per heavy atom. The number of aromatic nitrogens is 4. The van der Waals surface area contributed by atoms with Crippen molar-refractivity contribution in [1.82, 2.24) is 29.3 Å². The second-order valence-electron chi connectivity index (χ2n) is 11.4. The van der Waals surface area contributed by atoms with Crippen LogP contribution in [-0.2, 0) is 17.9 Å². The average molecular weight is 556 g/mol. The molecule has 0 aliphatic carbocycles. The van der Waals surface area contributed by atoms with Crippen LogP contribution >= 0.6 is 0 Å². The summed E-state index contributed by atoms with van der Waals surface area (Å²) in [6.07, 6.45) is 3.53. The monoisotopic (exact) mass is 555 g/mol. The number of aryl methyl sites for hydroxylation is 1. The molecule has 11 nitrogen and oxygen atoms in total. The third kappa shape index (κ3) is 9.34. The molecule has 11 heteroatoms. The predicted octanol–water partition coefficient (Wildman–Crippen LogP) is 3.68. The Kier molecular flexibility index (Phi) is 11.1. The van der Waals surface area contributed by atoms with E-state index in [0.717, 1.165) is 57.4 Å². The number of anilines is 1. The molecule has 0 atom stereocenters. The first-order valence-electron chi connectivity index (χ1n) is 14.0. The number of imidazole rings is 1. The van der Waals surface area contributed by atoms with Crippen LogP contribution in [0.4, 0.5) is 5.82 Å². The molecular weight excluding hydrogens is 510 g/mol. The van der Waals surface area contributed by atoms with E-state index in [1.54, 1.807) is 10.6 Å². The van der Waals surface area contributed by atoms with Gasteiger partial charge in [-0.1, -0.05) is 39.3 Å². The molecule has 0 radical (unpaired) electrons. The Morgan fingerprint density at radius 1 is 1.15 bits per heavy atom. The molecule has 220 valence electrons.